The first kappa shape index (κ1) is 26.9. The number of benzene rings is 2. The van der Waals surface area contributed by atoms with Crippen molar-refractivity contribution in [2.45, 2.75) is 39.0 Å². The van der Waals surface area contributed by atoms with Gasteiger partial charge in [0.25, 0.3) is 0 Å². The molecule has 0 aliphatic heterocycles. The normalized spacial score (nSPS) is 12.5. The van der Waals surface area contributed by atoms with Crippen molar-refractivity contribution in [1.29, 1.82) is 0 Å². The van der Waals surface area contributed by atoms with Crippen LogP contribution >= 0.6 is 0 Å². The summed E-state index contributed by atoms with van der Waals surface area (Å²) < 4.78 is 68.5. The van der Waals surface area contributed by atoms with Crippen LogP contribution in [0.5, 0.6) is 0 Å². The highest BCUT2D eigenvalue weighted by Gasteiger charge is 2.35. The van der Waals surface area contributed by atoms with E-state index in [1.165, 1.54) is 16.9 Å². The number of para-hydroxylation sites is 1. The zero-order valence-corrected chi connectivity index (χ0v) is 20.3. The molecule has 11 nitrogen and oxygen atoms in total. The number of hydrogen-bond acceptors (Lipinski definition) is 8. The minimum Gasteiger partial charge on any atom is -0.355 e. The molecule has 194 valence electrons. The van der Waals surface area contributed by atoms with Crippen molar-refractivity contribution in [3.05, 3.63) is 54.1 Å². The standard InChI is InChI=1S/C21H24F3N7O4S/c1-20(2,3)30(36(33,34)35-19(25)32)12-13-31-28-18(27-29-31)16-6-4-5-7-17(16)26-15-10-8-14(9-11-15)21(22,23)24/h4-11,26H,12-13H2,1-3H3,(H2,25,32). The van der Waals surface area contributed by atoms with Gasteiger partial charge in [0.15, 0.2) is 0 Å². The molecule has 3 aromatic rings. The van der Waals surface area contributed by atoms with E-state index in [2.05, 4.69) is 24.9 Å². The Bertz CT molecular complexity index is 1320. The zero-order chi connectivity index (χ0) is 26.7. The lowest BCUT2D eigenvalue weighted by Gasteiger charge is -2.32. The summed E-state index contributed by atoms with van der Waals surface area (Å²) in [7, 11) is -4.46. The van der Waals surface area contributed by atoms with Gasteiger partial charge in [-0.25, -0.2) is 4.79 Å². The first-order valence-corrected chi connectivity index (χ1v) is 11.9. The van der Waals surface area contributed by atoms with E-state index in [9.17, 15) is 26.4 Å². The van der Waals surface area contributed by atoms with Crippen LogP contribution in [-0.4, -0.2) is 51.1 Å². The first-order valence-electron chi connectivity index (χ1n) is 10.5. The van der Waals surface area contributed by atoms with Crippen molar-refractivity contribution in [3.63, 3.8) is 0 Å². The summed E-state index contributed by atoms with van der Waals surface area (Å²) in [6, 6.07) is 11.4. The van der Waals surface area contributed by atoms with E-state index in [0.717, 1.165) is 16.4 Å². The number of anilines is 2. The largest absolute Gasteiger partial charge is 0.421 e. The maximum Gasteiger partial charge on any atom is 0.421 e. The molecule has 0 saturated heterocycles. The molecule has 0 aliphatic rings. The number of primary amides is 1. The topological polar surface area (TPSA) is 145 Å². The molecule has 1 heterocycles. The molecule has 0 atom stereocenters. The van der Waals surface area contributed by atoms with Crippen LogP contribution in [0, 0.1) is 0 Å². The number of amides is 1. The third-order valence-corrected chi connectivity index (χ3v) is 6.47. The van der Waals surface area contributed by atoms with Gasteiger partial charge in [-0.05, 0) is 62.4 Å². The number of rotatable bonds is 8. The molecule has 0 fully saturated rings. The Kier molecular flexibility index (Phi) is 7.54. The van der Waals surface area contributed by atoms with Gasteiger partial charge >= 0.3 is 22.6 Å². The van der Waals surface area contributed by atoms with Crippen LogP contribution in [0.25, 0.3) is 11.4 Å². The first-order chi connectivity index (χ1) is 16.7. The average Bonchev–Trinajstić information content (AvgIpc) is 3.20. The van der Waals surface area contributed by atoms with E-state index in [4.69, 9.17) is 5.73 Å². The van der Waals surface area contributed by atoms with Crippen molar-refractivity contribution in [2.75, 3.05) is 11.9 Å². The summed E-state index contributed by atoms with van der Waals surface area (Å²) >= 11 is 0. The predicted molar refractivity (Wildman–Crippen MR) is 124 cm³/mol. The van der Waals surface area contributed by atoms with E-state index < -0.39 is 33.7 Å². The molecule has 0 saturated carbocycles. The van der Waals surface area contributed by atoms with Gasteiger partial charge in [-0.3, -0.25) is 0 Å². The Morgan fingerprint density at radius 1 is 1.11 bits per heavy atom. The number of nitrogens with zero attached hydrogens (tertiary/aromatic N) is 5. The molecule has 2 aromatic carbocycles. The molecule has 0 spiro atoms. The van der Waals surface area contributed by atoms with Crippen molar-refractivity contribution >= 4 is 27.8 Å². The van der Waals surface area contributed by atoms with E-state index in [1.54, 1.807) is 45.0 Å². The molecule has 0 bridgehead atoms. The molecular formula is C21H24F3N7O4S. The van der Waals surface area contributed by atoms with E-state index in [0.29, 0.717) is 16.9 Å². The highest BCUT2D eigenvalue weighted by molar-refractivity contribution is 7.84. The van der Waals surface area contributed by atoms with Crippen LogP contribution in [0.1, 0.15) is 26.3 Å². The predicted octanol–water partition coefficient (Wildman–Crippen LogP) is 3.54. The van der Waals surface area contributed by atoms with Crippen molar-refractivity contribution < 1.29 is 30.6 Å². The number of halogens is 3. The third kappa shape index (κ3) is 6.69. The number of nitrogens with one attached hydrogen (secondary N) is 1. The van der Waals surface area contributed by atoms with Gasteiger partial charge in [-0.2, -0.15) is 30.7 Å². The Labute approximate surface area is 205 Å². The van der Waals surface area contributed by atoms with Gasteiger partial charge in [0.05, 0.1) is 12.1 Å². The molecule has 36 heavy (non-hydrogen) atoms. The summed E-state index contributed by atoms with van der Waals surface area (Å²) in [6.45, 7) is 4.65. The summed E-state index contributed by atoms with van der Waals surface area (Å²) in [5.74, 6) is 0.198. The maximum atomic E-state index is 12.8. The summed E-state index contributed by atoms with van der Waals surface area (Å²) in [6.07, 6.45) is -5.89. The maximum absolute atomic E-state index is 12.8. The smallest absolute Gasteiger partial charge is 0.355 e. The second kappa shape index (κ2) is 10.1. The quantitative estimate of drug-likeness (QED) is 0.452. The Morgan fingerprint density at radius 2 is 1.75 bits per heavy atom. The minimum atomic E-state index is -4.46. The van der Waals surface area contributed by atoms with Gasteiger partial charge in [-0.15, -0.1) is 10.2 Å². The molecule has 3 N–H and O–H groups in total. The highest BCUT2D eigenvalue weighted by atomic mass is 32.2. The average molecular weight is 528 g/mol. The summed E-state index contributed by atoms with van der Waals surface area (Å²) in [4.78, 5) is 12.2. The van der Waals surface area contributed by atoms with E-state index in [1.807, 2.05) is 0 Å². The Morgan fingerprint density at radius 3 is 2.33 bits per heavy atom. The van der Waals surface area contributed by atoms with Crippen LogP contribution in [0.4, 0.5) is 29.3 Å². The number of hydrogen-bond donors (Lipinski definition) is 2. The second-order valence-electron chi connectivity index (χ2n) is 8.56. The molecule has 0 unspecified atom stereocenters. The molecule has 0 aliphatic carbocycles. The van der Waals surface area contributed by atoms with Crippen LogP contribution in [0.2, 0.25) is 0 Å². The lowest BCUT2D eigenvalue weighted by atomic mass is 10.1. The highest BCUT2D eigenvalue weighted by Crippen LogP contribution is 2.32. The SMILES string of the molecule is CC(C)(C)N(CCn1nnc(-c2ccccc2Nc2ccc(C(F)(F)F)cc2)n1)S(=O)(=O)OC(N)=O. The second-order valence-corrected chi connectivity index (χ2v) is 10.0. The molecule has 15 heteroatoms. The molecule has 1 amide bonds. The minimum absolute atomic E-state index is 0.0277. The van der Waals surface area contributed by atoms with Crippen LogP contribution in [0.15, 0.2) is 48.5 Å². The number of tetrazole rings is 1. The van der Waals surface area contributed by atoms with Crippen molar-refractivity contribution in [3.8, 4) is 11.4 Å². The van der Waals surface area contributed by atoms with Crippen LogP contribution < -0.4 is 11.1 Å². The van der Waals surface area contributed by atoms with E-state index >= 15 is 0 Å². The molecule has 0 radical (unpaired) electrons. The van der Waals surface area contributed by atoms with E-state index in [-0.39, 0.29) is 18.9 Å². The Hall–Kier alpha value is -3.72. The number of carbonyl (C=O) groups is 1. The monoisotopic (exact) mass is 527 g/mol. The molecular weight excluding hydrogens is 503 g/mol. The summed E-state index contributed by atoms with van der Waals surface area (Å²) in [5, 5.41) is 15.3. The fourth-order valence-corrected chi connectivity index (χ4v) is 4.52. The fraction of sp³-hybridized carbons (Fsp3) is 0.333. The van der Waals surface area contributed by atoms with Gasteiger partial charge in [0.2, 0.25) is 5.82 Å². The van der Waals surface area contributed by atoms with Gasteiger partial charge < -0.3 is 15.2 Å². The Balaban J connectivity index is 1.78. The van der Waals surface area contributed by atoms with Crippen LogP contribution in [0.3, 0.4) is 0 Å². The van der Waals surface area contributed by atoms with Crippen molar-refractivity contribution in [2.24, 2.45) is 5.73 Å². The lowest BCUT2D eigenvalue weighted by molar-refractivity contribution is -0.137. The van der Waals surface area contributed by atoms with Gasteiger partial charge in [0, 0.05) is 29.0 Å². The third-order valence-electron chi connectivity index (χ3n) is 4.82. The van der Waals surface area contributed by atoms with Gasteiger partial charge in [-0.1, -0.05) is 12.1 Å². The van der Waals surface area contributed by atoms with Crippen LogP contribution in [-0.2, 0) is 27.2 Å². The zero-order valence-electron chi connectivity index (χ0n) is 19.5. The lowest BCUT2D eigenvalue weighted by Crippen LogP contribution is -2.48. The fourth-order valence-electron chi connectivity index (χ4n) is 3.24. The number of carbonyl (C=O) groups excluding carboxylic acids is 1. The summed E-state index contributed by atoms with van der Waals surface area (Å²) in [5.41, 5.74) is 4.61. The number of aromatic nitrogens is 4. The number of nitrogens with two attached hydrogens (primary N) is 1. The number of alkyl halides is 3. The molecule has 1 aromatic heterocycles. The molecule has 3 rings (SSSR count). The van der Waals surface area contributed by atoms with Crippen molar-refractivity contribution in [1.82, 2.24) is 24.5 Å². The van der Waals surface area contributed by atoms with Gasteiger partial charge in [0.1, 0.15) is 0 Å².